The van der Waals surface area contributed by atoms with Gasteiger partial charge in [-0.2, -0.15) is 0 Å². The van der Waals surface area contributed by atoms with Crippen molar-refractivity contribution in [3.63, 3.8) is 0 Å². The van der Waals surface area contributed by atoms with Crippen LogP contribution in [0.3, 0.4) is 0 Å². The number of rotatable bonds is 2. The van der Waals surface area contributed by atoms with E-state index in [-0.39, 0.29) is 0 Å². The number of hydrogen-bond donors (Lipinski definition) is 0. The van der Waals surface area contributed by atoms with Crippen LogP contribution in [0.2, 0.25) is 0 Å². The second kappa shape index (κ2) is 3.61. The van der Waals surface area contributed by atoms with Crippen LogP contribution in [0, 0.1) is 5.92 Å². The summed E-state index contributed by atoms with van der Waals surface area (Å²) in [5.74, 6) is 0.736. The molecule has 11 heavy (non-hydrogen) atoms. The van der Waals surface area contributed by atoms with Crippen molar-refractivity contribution in [1.82, 2.24) is 0 Å². The van der Waals surface area contributed by atoms with Gasteiger partial charge in [-0.25, -0.2) is 0 Å². The molecule has 1 aliphatic heterocycles. The average Bonchev–Trinajstić information content (AvgIpc) is 2.31. The predicted octanol–water partition coefficient (Wildman–Crippen LogP) is 2.95. The van der Waals surface area contributed by atoms with Gasteiger partial charge in [0.2, 0.25) is 0 Å². The van der Waals surface area contributed by atoms with Gasteiger partial charge in [-0.05, 0) is 19.8 Å². The van der Waals surface area contributed by atoms with Crippen molar-refractivity contribution in [2.24, 2.45) is 10.9 Å². The minimum absolute atomic E-state index is 0.537. The zero-order chi connectivity index (χ0) is 8.43. The summed E-state index contributed by atoms with van der Waals surface area (Å²) in [5.41, 5.74) is 1.32. The summed E-state index contributed by atoms with van der Waals surface area (Å²) in [7, 11) is 0. The predicted molar refractivity (Wildman–Crippen MR) is 53.4 cm³/mol. The summed E-state index contributed by atoms with van der Waals surface area (Å²) in [6.45, 7) is 8.90. The molecule has 0 unspecified atom stereocenters. The lowest BCUT2D eigenvalue weighted by Gasteiger charge is -2.13. The van der Waals surface area contributed by atoms with Gasteiger partial charge in [-0.15, -0.1) is 11.8 Å². The van der Waals surface area contributed by atoms with Crippen LogP contribution >= 0.6 is 11.8 Å². The fraction of sp³-hybridized carbons (Fsp3) is 0.889. The zero-order valence-corrected chi connectivity index (χ0v) is 8.61. The Morgan fingerprint density at radius 1 is 1.64 bits per heavy atom. The molecule has 0 saturated carbocycles. The summed E-state index contributed by atoms with van der Waals surface area (Å²) < 4.78 is 0. The summed E-state index contributed by atoms with van der Waals surface area (Å²) in [6, 6.07) is 0. The van der Waals surface area contributed by atoms with Crippen LogP contribution in [0.5, 0.6) is 0 Å². The maximum absolute atomic E-state index is 4.62. The van der Waals surface area contributed by atoms with Crippen molar-refractivity contribution in [1.29, 1.82) is 0 Å². The Hall–Kier alpha value is 0.0200. The molecule has 0 bridgehead atoms. The molecule has 0 aromatic rings. The highest BCUT2D eigenvalue weighted by atomic mass is 32.2. The van der Waals surface area contributed by atoms with Gasteiger partial charge in [0.05, 0.1) is 5.37 Å². The Balaban J connectivity index is 2.53. The molecule has 0 amide bonds. The molecule has 0 spiro atoms. The monoisotopic (exact) mass is 171 g/mol. The van der Waals surface area contributed by atoms with Crippen molar-refractivity contribution >= 4 is 17.5 Å². The third kappa shape index (κ3) is 1.98. The molecule has 0 aromatic carbocycles. The van der Waals surface area contributed by atoms with Crippen LogP contribution in [0.1, 0.15) is 34.1 Å². The Bertz CT molecular complexity index is 165. The summed E-state index contributed by atoms with van der Waals surface area (Å²) >= 11 is 2.00. The van der Waals surface area contributed by atoms with Gasteiger partial charge in [0, 0.05) is 11.0 Å². The normalized spacial score (nSPS) is 33.6. The summed E-state index contributed by atoms with van der Waals surface area (Å²) in [4.78, 5) is 4.62. The number of thioether (sulfide) groups is 1. The first kappa shape index (κ1) is 9.11. The molecule has 0 N–H and O–H groups in total. The van der Waals surface area contributed by atoms with Gasteiger partial charge >= 0.3 is 0 Å². The first-order valence-electron chi connectivity index (χ1n) is 4.35. The van der Waals surface area contributed by atoms with Gasteiger partial charge in [0.1, 0.15) is 0 Å². The molecule has 1 nitrogen and oxygen atoms in total. The van der Waals surface area contributed by atoms with Crippen LogP contribution in [0.4, 0.5) is 0 Å². The van der Waals surface area contributed by atoms with E-state index in [2.05, 4.69) is 32.7 Å². The lowest BCUT2D eigenvalue weighted by Crippen LogP contribution is -2.08. The standard InChI is InChI=1S/C9H17NS/c1-5-6(2)9-10-7(3)8(4)11-9/h6,8-9H,5H2,1-4H3/t6-,8-,9+/m1/s1. The minimum Gasteiger partial charge on any atom is -0.279 e. The summed E-state index contributed by atoms with van der Waals surface area (Å²) in [6.07, 6.45) is 1.24. The van der Waals surface area contributed by atoms with Crippen molar-refractivity contribution in [3.05, 3.63) is 0 Å². The van der Waals surface area contributed by atoms with Crippen LogP contribution in [0.15, 0.2) is 4.99 Å². The van der Waals surface area contributed by atoms with E-state index in [0.29, 0.717) is 10.6 Å². The SMILES string of the molecule is CC[C@@H](C)[C@H]1N=C(C)[C@@H](C)S1. The Kier molecular flexibility index (Phi) is 2.99. The Labute approximate surface area is 73.7 Å². The molecule has 3 atom stereocenters. The van der Waals surface area contributed by atoms with Crippen LogP contribution < -0.4 is 0 Å². The fourth-order valence-electron chi connectivity index (χ4n) is 1.11. The molecule has 1 rings (SSSR count). The third-order valence-corrected chi connectivity index (χ3v) is 3.99. The number of nitrogens with zero attached hydrogens (tertiary/aromatic N) is 1. The lowest BCUT2D eigenvalue weighted by molar-refractivity contribution is 0.549. The van der Waals surface area contributed by atoms with Gasteiger partial charge < -0.3 is 0 Å². The van der Waals surface area contributed by atoms with Crippen molar-refractivity contribution < 1.29 is 0 Å². The van der Waals surface area contributed by atoms with Crippen molar-refractivity contribution in [3.8, 4) is 0 Å². The van der Waals surface area contributed by atoms with Crippen LogP contribution in [-0.4, -0.2) is 16.3 Å². The van der Waals surface area contributed by atoms with E-state index in [1.807, 2.05) is 11.8 Å². The molecule has 0 saturated heterocycles. The number of aliphatic imine (C=N–C) groups is 1. The highest BCUT2D eigenvalue weighted by Gasteiger charge is 2.25. The summed E-state index contributed by atoms with van der Waals surface area (Å²) in [5, 5.41) is 1.18. The maximum Gasteiger partial charge on any atom is 0.0982 e. The molecule has 0 fully saturated rings. The first-order chi connectivity index (χ1) is 5.15. The topological polar surface area (TPSA) is 12.4 Å². The third-order valence-electron chi connectivity index (χ3n) is 2.39. The largest absolute Gasteiger partial charge is 0.279 e. The second-order valence-electron chi connectivity index (χ2n) is 3.32. The van der Waals surface area contributed by atoms with Crippen LogP contribution in [0.25, 0.3) is 0 Å². The molecule has 1 aliphatic rings. The molecule has 0 aliphatic carbocycles. The van der Waals surface area contributed by atoms with E-state index >= 15 is 0 Å². The van der Waals surface area contributed by atoms with E-state index < -0.39 is 0 Å². The van der Waals surface area contributed by atoms with Crippen molar-refractivity contribution in [2.45, 2.75) is 44.7 Å². The van der Waals surface area contributed by atoms with Crippen LogP contribution in [-0.2, 0) is 0 Å². The molecule has 1 heterocycles. The minimum atomic E-state index is 0.537. The first-order valence-corrected chi connectivity index (χ1v) is 5.29. The van der Waals surface area contributed by atoms with Gasteiger partial charge in [-0.3, -0.25) is 4.99 Å². The highest BCUT2D eigenvalue weighted by molar-refractivity contribution is 8.01. The average molecular weight is 171 g/mol. The van der Waals surface area contributed by atoms with E-state index in [0.717, 1.165) is 5.92 Å². The molecule has 0 aromatic heterocycles. The molecular formula is C9H17NS. The fourth-order valence-corrected chi connectivity index (χ4v) is 2.47. The van der Waals surface area contributed by atoms with E-state index in [1.165, 1.54) is 12.1 Å². The van der Waals surface area contributed by atoms with Gasteiger partial charge in [0.25, 0.3) is 0 Å². The maximum atomic E-state index is 4.62. The molecular weight excluding hydrogens is 154 g/mol. The Morgan fingerprint density at radius 2 is 2.27 bits per heavy atom. The van der Waals surface area contributed by atoms with Crippen molar-refractivity contribution in [2.75, 3.05) is 0 Å². The lowest BCUT2D eigenvalue weighted by atomic mass is 10.1. The molecule has 64 valence electrons. The quantitative estimate of drug-likeness (QED) is 0.622. The van der Waals surface area contributed by atoms with Gasteiger partial charge in [0.15, 0.2) is 0 Å². The molecule has 0 radical (unpaired) electrons. The molecule has 2 heteroatoms. The van der Waals surface area contributed by atoms with E-state index in [9.17, 15) is 0 Å². The smallest absolute Gasteiger partial charge is 0.0982 e. The number of hydrogen-bond acceptors (Lipinski definition) is 2. The van der Waals surface area contributed by atoms with E-state index in [4.69, 9.17) is 0 Å². The zero-order valence-electron chi connectivity index (χ0n) is 7.79. The van der Waals surface area contributed by atoms with Gasteiger partial charge in [-0.1, -0.05) is 20.3 Å². The second-order valence-corrected chi connectivity index (χ2v) is 4.79. The van der Waals surface area contributed by atoms with E-state index in [1.54, 1.807) is 0 Å². The highest BCUT2D eigenvalue weighted by Crippen LogP contribution is 2.33. The Morgan fingerprint density at radius 3 is 2.64 bits per heavy atom.